The normalized spacial score (nSPS) is 11.7. The Morgan fingerprint density at radius 3 is 1.63 bits per heavy atom. The van der Waals surface area contributed by atoms with E-state index in [2.05, 4.69) is 276 Å². The summed E-state index contributed by atoms with van der Waals surface area (Å²) in [4.78, 5) is 2.46. The highest BCUT2D eigenvalue weighted by atomic mass is 32.1. The molecule has 12 aromatic carbocycles. The average Bonchev–Trinajstić information content (AvgIpc) is 4.01. The lowest BCUT2D eigenvalue weighted by atomic mass is 9.95. The summed E-state index contributed by atoms with van der Waals surface area (Å²) >= 11 is 1.89. The molecule has 2 nitrogen and oxygen atoms in total. The lowest BCUT2D eigenvalue weighted by Crippen LogP contribution is -2.10. The summed E-state index contributed by atoms with van der Waals surface area (Å²) < 4.78 is 4.95. The van der Waals surface area contributed by atoms with Gasteiger partial charge in [0.25, 0.3) is 0 Å². The van der Waals surface area contributed by atoms with Crippen LogP contribution in [0.2, 0.25) is 0 Å². The van der Waals surface area contributed by atoms with Crippen LogP contribution in [0.4, 0.5) is 17.1 Å². The number of benzene rings is 12. The molecule has 0 radical (unpaired) electrons. The van der Waals surface area contributed by atoms with Crippen molar-refractivity contribution < 1.29 is 0 Å². The second-order valence-corrected chi connectivity index (χ2v) is 19.5. The van der Waals surface area contributed by atoms with Crippen molar-refractivity contribution in [1.29, 1.82) is 0 Å². The van der Waals surface area contributed by atoms with Gasteiger partial charge >= 0.3 is 0 Å². The molecule has 3 heteroatoms. The van der Waals surface area contributed by atoms with Crippen LogP contribution in [0.5, 0.6) is 0 Å². The van der Waals surface area contributed by atoms with E-state index >= 15 is 0 Å². The van der Waals surface area contributed by atoms with E-state index in [1.165, 1.54) is 108 Å². The van der Waals surface area contributed by atoms with Crippen molar-refractivity contribution in [1.82, 2.24) is 4.57 Å². The van der Waals surface area contributed by atoms with Crippen molar-refractivity contribution in [2.24, 2.45) is 0 Å². The third-order valence-corrected chi connectivity index (χ3v) is 15.6. The first-order chi connectivity index (χ1) is 35.2. The Labute approximate surface area is 416 Å². The number of para-hydroxylation sites is 2. The van der Waals surface area contributed by atoms with Crippen molar-refractivity contribution in [2.75, 3.05) is 4.90 Å². The van der Waals surface area contributed by atoms with Gasteiger partial charge in [-0.1, -0.05) is 200 Å². The van der Waals surface area contributed by atoms with Gasteiger partial charge in [0.05, 0.1) is 16.7 Å². The van der Waals surface area contributed by atoms with E-state index in [-0.39, 0.29) is 0 Å². The van der Waals surface area contributed by atoms with Gasteiger partial charge < -0.3 is 9.47 Å². The maximum Gasteiger partial charge on any atom is 0.0555 e. The first-order valence-corrected chi connectivity index (χ1v) is 25.1. The third kappa shape index (κ3) is 6.93. The maximum atomic E-state index is 2.46. The molecule has 0 unspecified atom stereocenters. The quantitative estimate of drug-likeness (QED) is 0.147. The van der Waals surface area contributed by atoms with Crippen LogP contribution in [-0.4, -0.2) is 4.57 Å². The Kier molecular flexibility index (Phi) is 9.75. The molecule has 71 heavy (non-hydrogen) atoms. The van der Waals surface area contributed by atoms with Gasteiger partial charge in [-0.15, -0.1) is 11.3 Å². The molecule has 0 bridgehead atoms. The number of thiophene rings is 1. The van der Waals surface area contributed by atoms with Crippen LogP contribution in [0.3, 0.4) is 0 Å². The topological polar surface area (TPSA) is 8.17 Å². The van der Waals surface area contributed by atoms with E-state index in [0.29, 0.717) is 0 Å². The number of hydrogen-bond acceptors (Lipinski definition) is 2. The van der Waals surface area contributed by atoms with Crippen LogP contribution < -0.4 is 4.90 Å². The van der Waals surface area contributed by atoms with E-state index in [9.17, 15) is 0 Å². The predicted molar refractivity (Wildman–Crippen MR) is 305 cm³/mol. The third-order valence-electron chi connectivity index (χ3n) is 14.4. The maximum absolute atomic E-state index is 2.46. The van der Waals surface area contributed by atoms with Gasteiger partial charge in [-0.3, -0.25) is 0 Å². The van der Waals surface area contributed by atoms with Crippen LogP contribution >= 0.6 is 11.3 Å². The molecule has 0 aliphatic rings. The summed E-state index contributed by atoms with van der Waals surface area (Å²) in [5.41, 5.74) is 16.6. The zero-order valence-corrected chi connectivity index (χ0v) is 39.5. The first-order valence-electron chi connectivity index (χ1n) is 24.3. The molecule has 0 aliphatic heterocycles. The van der Waals surface area contributed by atoms with Gasteiger partial charge in [0.2, 0.25) is 0 Å². The van der Waals surface area contributed by atoms with Gasteiger partial charge in [-0.05, 0) is 127 Å². The molecule has 0 amide bonds. The van der Waals surface area contributed by atoms with E-state index in [1.54, 1.807) is 0 Å². The fourth-order valence-corrected chi connectivity index (χ4v) is 12.3. The van der Waals surface area contributed by atoms with Crippen molar-refractivity contribution in [2.45, 2.75) is 0 Å². The molecule has 2 aromatic heterocycles. The van der Waals surface area contributed by atoms with Crippen LogP contribution in [0, 0.1) is 0 Å². The van der Waals surface area contributed by atoms with Crippen LogP contribution in [0.25, 0.3) is 114 Å². The van der Waals surface area contributed by atoms with Crippen molar-refractivity contribution in [3.05, 3.63) is 267 Å². The highest BCUT2D eigenvalue weighted by Crippen LogP contribution is 2.50. The first kappa shape index (κ1) is 41.0. The summed E-state index contributed by atoms with van der Waals surface area (Å²) in [6.45, 7) is 0. The molecular weight excluding hydrogens is 877 g/mol. The minimum atomic E-state index is 1.09. The van der Waals surface area contributed by atoms with Crippen LogP contribution in [-0.2, 0) is 0 Å². The molecular formula is C68H44N2S. The van der Waals surface area contributed by atoms with Gasteiger partial charge in [0, 0.05) is 53.6 Å². The Hall–Kier alpha value is -9.02. The fourth-order valence-electron chi connectivity index (χ4n) is 11.0. The lowest BCUT2D eigenvalue weighted by Gasteiger charge is -2.27. The Balaban J connectivity index is 0.916. The van der Waals surface area contributed by atoms with Gasteiger partial charge in [-0.2, -0.15) is 0 Å². The standard InChI is InChI=1S/C68H44N2S/c1-2-18-53(19-3-1)70-62-25-10-8-21-60(62)66-57(23-13-26-63(66)70)50-36-40-55(41-37-50)69(54-38-34-47(35-39-54)46-28-30-48(31-29-46)52-33-32-45-14-4-5-16-51(45)44-52)64-43-42-59(58-24-12-17-49-15-6-7-20-56(49)58)68-67(64)61-22-9-11-27-65(61)71-68/h1-44H. The zero-order chi connectivity index (χ0) is 46.8. The number of anilines is 3. The molecule has 14 aromatic rings. The highest BCUT2D eigenvalue weighted by Gasteiger charge is 2.23. The molecule has 0 spiro atoms. The van der Waals surface area contributed by atoms with Gasteiger partial charge in [0.15, 0.2) is 0 Å². The summed E-state index contributed by atoms with van der Waals surface area (Å²) in [6, 6.07) is 97.9. The molecule has 0 saturated carbocycles. The fraction of sp³-hybridized carbons (Fsp3) is 0. The number of rotatable bonds is 8. The minimum Gasteiger partial charge on any atom is -0.310 e. The molecule has 0 fully saturated rings. The second kappa shape index (κ2) is 16.9. The Bertz CT molecular complexity index is 4310. The van der Waals surface area contributed by atoms with Gasteiger partial charge in [0.1, 0.15) is 0 Å². The number of fused-ring (bicyclic) bond motifs is 8. The molecule has 0 aliphatic carbocycles. The number of nitrogens with zero attached hydrogens (tertiary/aromatic N) is 2. The van der Waals surface area contributed by atoms with Crippen molar-refractivity contribution in [3.8, 4) is 50.2 Å². The molecule has 0 N–H and O–H groups in total. The lowest BCUT2D eigenvalue weighted by molar-refractivity contribution is 1.18. The van der Waals surface area contributed by atoms with E-state index in [0.717, 1.165) is 22.7 Å². The number of aromatic nitrogens is 1. The SMILES string of the molecule is c1ccc(-n2c3ccccc3c3c(-c4ccc(N(c5ccc(-c6ccc(-c7ccc8ccccc8c7)cc6)cc5)c5ccc(-c6cccc7ccccc67)c6sc7ccccc7c56)cc4)cccc32)cc1. The minimum absolute atomic E-state index is 1.09. The Morgan fingerprint density at radius 1 is 0.310 bits per heavy atom. The van der Waals surface area contributed by atoms with Crippen molar-refractivity contribution >= 4 is 91.9 Å². The van der Waals surface area contributed by atoms with Crippen molar-refractivity contribution in [3.63, 3.8) is 0 Å². The van der Waals surface area contributed by atoms with Crippen LogP contribution in [0.15, 0.2) is 267 Å². The van der Waals surface area contributed by atoms with E-state index in [4.69, 9.17) is 0 Å². The molecule has 0 saturated heterocycles. The highest BCUT2D eigenvalue weighted by molar-refractivity contribution is 7.26. The van der Waals surface area contributed by atoms with Gasteiger partial charge in [-0.25, -0.2) is 0 Å². The molecule has 0 atom stereocenters. The largest absolute Gasteiger partial charge is 0.310 e. The van der Waals surface area contributed by atoms with E-state index in [1.807, 2.05) is 11.3 Å². The molecule has 332 valence electrons. The average molecular weight is 921 g/mol. The second-order valence-electron chi connectivity index (χ2n) is 18.4. The summed E-state index contributed by atoms with van der Waals surface area (Å²) in [5, 5.41) is 10.0. The van der Waals surface area contributed by atoms with E-state index < -0.39 is 0 Å². The number of hydrogen-bond donors (Lipinski definition) is 0. The van der Waals surface area contributed by atoms with Crippen LogP contribution in [0.1, 0.15) is 0 Å². The molecule has 14 rings (SSSR count). The Morgan fingerprint density at radius 2 is 0.859 bits per heavy atom. The molecule has 2 heterocycles. The summed E-state index contributed by atoms with van der Waals surface area (Å²) in [7, 11) is 0. The smallest absolute Gasteiger partial charge is 0.0555 e. The zero-order valence-electron chi connectivity index (χ0n) is 38.7. The summed E-state index contributed by atoms with van der Waals surface area (Å²) in [6.07, 6.45) is 0. The predicted octanol–water partition coefficient (Wildman–Crippen LogP) is 19.6. The summed E-state index contributed by atoms with van der Waals surface area (Å²) in [5.74, 6) is 0. The monoisotopic (exact) mass is 920 g/mol.